The van der Waals surface area contributed by atoms with E-state index >= 15 is 0 Å². The van der Waals surface area contributed by atoms with Crippen LogP contribution in [-0.2, 0) is 15.0 Å². The molecule has 1 aromatic carbocycles. The van der Waals surface area contributed by atoms with Gasteiger partial charge >= 0.3 is 10.2 Å². The SMILES string of the molecule is CN1CCC(c2ccc(O)c(N3CC(=O)NS3(=O)=O)c2F)CC1. The van der Waals surface area contributed by atoms with E-state index in [1.54, 1.807) is 4.72 Å². The molecule has 2 N–H and O–H groups in total. The first-order chi connectivity index (χ1) is 10.8. The number of aromatic hydroxyl groups is 1. The van der Waals surface area contributed by atoms with Gasteiger partial charge in [-0.3, -0.25) is 4.79 Å². The molecule has 126 valence electrons. The zero-order valence-corrected chi connectivity index (χ0v) is 13.4. The highest BCUT2D eigenvalue weighted by Gasteiger charge is 2.38. The van der Waals surface area contributed by atoms with Crippen LogP contribution in [0.4, 0.5) is 10.1 Å². The lowest BCUT2D eigenvalue weighted by molar-refractivity contribution is -0.117. The molecule has 2 fully saturated rings. The van der Waals surface area contributed by atoms with Gasteiger partial charge in [-0.2, -0.15) is 8.42 Å². The summed E-state index contributed by atoms with van der Waals surface area (Å²) in [5.41, 5.74) is -0.0831. The second-order valence-electron chi connectivity index (χ2n) is 5.95. The van der Waals surface area contributed by atoms with Crippen molar-refractivity contribution in [3.05, 3.63) is 23.5 Å². The molecule has 9 heteroatoms. The highest BCUT2D eigenvalue weighted by Crippen LogP contribution is 2.39. The summed E-state index contributed by atoms with van der Waals surface area (Å²) in [6.45, 7) is 1.11. The lowest BCUT2D eigenvalue weighted by Crippen LogP contribution is -2.31. The van der Waals surface area contributed by atoms with Gasteiger partial charge in [0.2, 0.25) is 0 Å². The Morgan fingerprint density at radius 1 is 1.30 bits per heavy atom. The van der Waals surface area contributed by atoms with E-state index in [1.165, 1.54) is 12.1 Å². The normalized spacial score (nSPS) is 22.3. The maximum atomic E-state index is 14.9. The van der Waals surface area contributed by atoms with Gasteiger partial charge in [0.25, 0.3) is 5.91 Å². The molecule has 0 atom stereocenters. The van der Waals surface area contributed by atoms with Gasteiger partial charge in [-0.25, -0.2) is 13.4 Å². The van der Waals surface area contributed by atoms with Crippen molar-refractivity contribution in [1.82, 2.24) is 9.62 Å². The highest BCUT2D eigenvalue weighted by molar-refractivity contribution is 7.92. The molecule has 0 radical (unpaired) electrons. The van der Waals surface area contributed by atoms with E-state index in [0.29, 0.717) is 9.87 Å². The maximum absolute atomic E-state index is 14.9. The molecule has 1 aromatic rings. The van der Waals surface area contributed by atoms with Gasteiger partial charge < -0.3 is 10.0 Å². The van der Waals surface area contributed by atoms with Crippen molar-refractivity contribution >= 4 is 21.8 Å². The Hall–Kier alpha value is -1.87. The standard InChI is InChI=1S/C14H18FN3O4S/c1-17-6-4-9(5-7-17)10-2-3-11(19)14(13(10)15)18-8-12(20)16-23(18,21)22/h2-3,9,19H,4-8H2,1H3,(H,16,20). The van der Waals surface area contributed by atoms with Gasteiger partial charge in [0.1, 0.15) is 18.0 Å². The van der Waals surface area contributed by atoms with Gasteiger partial charge in [0.05, 0.1) is 0 Å². The number of nitrogens with zero attached hydrogens (tertiary/aromatic N) is 2. The van der Waals surface area contributed by atoms with Gasteiger partial charge in [0, 0.05) is 0 Å². The molecule has 2 saturated heterocycles. The van der Waals surface area contributed by atoms with E-state index in [1.807, 2.05) is 7.05 Å². The number of anilines is 1. The van der Waals surface area contributed by atoms with Crippen molar-refractivity contribution in [3.63, 3.8) is 0 Å². The Labute approximate surface area is 133 Å². The summed E-state index contributed by atoms with van der Waals surface area (Å²) in [7, 11) is -2.18. The minimum atomic E-state index is -4.17. The fourth-order valence-electron chi connectivity index (χ4n) is 3.09. The summed E-state index contributed by atoms with van der Waals surface area (Å²) in [6.07, 6.45) is 1.50. The van der Waals surface area contributed by atoms with E-state index in [9.17, 15) is 22.7 Å². The van der Waals surface area contributed by atoms with Gasteiger partial charge in [-0.05, 0) is 50.5 Å². The number of hydrogen-bond acceptors (Lipinski definition) is 5. The molecule has 0 aliphatic carbocycles. The van der Waals surface area contributed by atoms with Gasteiger partial charge in [-0.1, -0.05) is 6.07 Å². The summed E-state index contributed by atoms with van der Waals surface area (Å²) >= 11 is 0. The minimum Gasteiger partial charge on any atom is -0.506 e. The van der Waals surface area contributed by atoms with Crippen molar-refractivity contribution < 1.29 is 22.7 Å². The number of carbonyl (C=O) groups excluding carboxylic acids is 1. The van der Waals surface area contributed by atoms with Gasteiger partial charge in [0.15, 0.2) is 5.82 Å². The van der Waals surface area contributed by atoms with Crippen LogP contribution in [0.3, 0.4) is 0 Å². The molecule has 0 saturated carbocycles. The van der Waals surface area contributed by atoms with Gasteiger partial charge in [-0.15, -0.1) is 0 Å². The van der Waals surface area contributed by atoms with E-state index in [0.717, 1.165) is 25.9 Å². The Balaban J connectivity index is 2.01. The van der Waals surface area contributed by atoms with Crippen molar-refractivity contribution in [2.75, 3.05) is 31.0 Å². The van der Waals surface area contributed by atoms with Crippen molar-refractivity contribution in [2.24, 2.45) is 0 Å². The third-order valence-electron chi connectivity index (χ3n) is 4.35. The van der Waals surface area contributed by atoms with E-state index in [2.05, 4.69) is 4.90 Å². The first-order valence-electron chi connectivity index (χ1n) is 7.33. The van der Waals surface area contributed by atoms with Crippen molar-refractivity contribution in [3.8, 4) is 5.75 Å². The lowest BCUT2D eigenvalue weighted by atomic mass is 9.89. The maximum Gasteiger partial charge on any atom is 0.326 e. The summed E-state index contributed by atoms with van der Waals surface area (Å²) in [6, 6.07) is 2.77. The topological polar surface area (TPSA) is 89.9 Å². The Bertz CT molecular complexity index is 745. The second kappa shape index (κ2) is 5.64. The Morgan fingerprint density at radius 2 is 1.96 bits per heavy atom. The lowest BCUT2D eigenvalue weighted by Gasteiger charge is -2.30. The number of carbonyl (C=O) groups is 1. The fourth-order valence-corrected chi connectivity index (χ4v) is 4.25. The van der Waals surface area contributed by atoms with Crippen LogP contribution < -0.4 is 9.03 Å². The number of nitrogens with one attached hydrogen (secondary N) is 1. The molecular formula is C14H18FN3O4S. The molecule has 2 aliphatic rings. The Morgan fingerprint density at radius 3 is 2.52 bits per heavy atom. The number of hydrogen-bond donors (Lipinski definition) is 2. The number of rotatable bonds is 2. The van der Waals surface area contributed by atoms with Crippen LogP contribution in [0.15, 0.2) is 12.1 Å². The minimum absolute atomic E-state index is 0.0421. The van der Waals surface area contributed by atoms with Crippen LogP contribution in [0, 0.1) is 5.82 Å². The number of amides is 1. The summed E-state index contributed by atoms with van der Waals surface area (Å²) < 4.78 is 41.1. The molecule has 3 rings (SSSR count). The van der Waals surface area contributed by atoms with Crippen LogP contribution in [0.2, 0.25) is 0 Å². The van der Waals surface area contributed by atoms with Crippen LogP contribution in [0.5, 0.6) is 5.75 Å². The number of likely N-dealkylation sites (tertiary alicyclic amines) is 1. The molecule has 0 aromatic heterocycles. The van der Waals surface area contributed by atoms with E-state index in [-0.39, 0.29) is 5.92 Å². The number of halogens is 1. The monoisotopic (exact) mass is 343 g/mol. The summed E-state index contributed by atoms with van der Waals surface area (Å²) in [5, 5.41) is 9.94. The molecule has 1 amide bonds. The quantitative estimate of drug-likeness (QED) is 0.817. The second-order valence-corrected chi connectivity index (χ2v) is 7.55. The number of piperidine rings is 1. The summed E-state index contributed by atoms with van der Waals surface area (Å²) in [5.74, 6) is -2.08. The van der Waals surface area contributed by atoms with E-state index in [4.69, 9.17) is 0 Å². The average molecular weight is 343 g/mol. The predicted molar refractivity (Wildman–Crippen MR) is 81.9 cm³/mol. The molecule has 0 spiro atoms. The smallest absolute Gasteiger partial charge is 0.326 e. The highest BCUT2D eigenvalue weighted by atomic mass is 32.2. The number of phenolic OH excluding ortho intramolecular Hbond substituents is 1. The van der Waals surface area contributed by atoms with E-state index < -0.39 is 39.9 Å². The first-order valence-corrected chi connectivity index (χ1v) is 8.77. The zero-order valence-electron chi connectivity index (χ0n) is 12.6. The van der Waals surface area contributed by atoms with Crippen LogP contribution >= 0.6 is 0 Å². The summed E-state index contributed by atoms with van der Waals surface area (Å²) in [4.78, 5) is 13.5. The number of phenols is 1. The van der Waals surface area contributed by atoms with Crippen LogP contribution in [0.1, 0.15) is 24.3 Å². The first kappa shape index (κ1) is 16.0. The third-order valence-corrected chi connectivity index (χ3v) is 5.73. The molecule has 7 nitrogen and oxygen atoms in total. The average Bonchev–Trinajstić information content (AvgIpc) is 2.73. The fraction of sp³-hybridized carbons (Fsp3) is 0.500. The largest absolute Gasteiger partial charge is 0.506 e. The number of benzene rings is 1. The van der Waals surface area contributed by atoms with Crippen molar-refractivity contribution in [2.45, 2.75) is 18.8 Å². The molecule has 0 unspecified atom stereocenters. The molecule has 2 aliphatic heterocycles. The predicted octanol–water partition coefficient (Wildman–Crippen LogP) is 0.521. The van der Waals surface area contributed by atoms with Crippen molar-refractivity contribution in [1.29, 1.82) is 0 Å². The third kappa shape index (κ3) is 2.86. The Kier molecular flexibility index (Phi) is 3.93. The zero-order chi connectivity index (χ0) is 16.8. The molecular weight excluding hydrogens is 325 g/mol. The molecule has 0 bridgehead atoms. The van der Waals surface area contributed by atoms with Crippen LogP contribution in [0.25, 0.3) is 0 Å². The van der Waals surface area contributed by atoms with Crippen LogP contribution in [-0.4, -0.2) is 51.0 Å². The molecule has 2 heterocycles. The molecule has 23 heavy (non-hydrogen) atoms.